The monoisotopic (exact) mass is 302 g/mol. The van der Waals surface area contributed by atoms with Gasteiger partial charge in [0, 0.05) is 31.2 Å². The van der Waals surface area contributed by atoms with Gasteiger partial charge in [-0.1, -0.05) is 6.07 Å². The van der Waals surface area contributed by atoms with Crippen LogP contribution < -0.4 is 10.6 Å². The number of hydrogen-bond donors (Lipinski definition) is 1. The van der Waals surface area contributed by atoms with E-state index in [1.807, 2.05) is 0 Å². The molecule has 0 bridgehead atoms. The third kappa shape index (κ3) is 3.29. The second-order valence-electron chi connectivity index (χ2n) is 4.98. The van der Waals surface area contributed by atoms with Crippen LogP contribution in [-0.4, -0.2) is 38.9 Å². The lowest BCUT2D eigenvalue weighted by Gasteiger charge is -2.19. The van der Waals surface area contributed by atoms with Crippen LogP contribution >= 0.6 is 0 Å². The Labute approximate surface area is 120 Å². The van der Waals surface area contributed by atoms with E-state index in [2.05, 4.69) is 4.74 Å². The van der Waals surface area contributed by atoms with Crippen LogP contribution in [0.25, 0.3) is 0 Å². The standard InChI is InChI=1S/C14H17F3N2O2/c1-21-13(20)10-3-2-4-11-12(10)9(7-14(15,16)17)8-19(11)6-5-18/h2-4,9H,5-8,18H2,1H3. The third-order valence-corrected chi connectivity index (χ3v) is 3.55. The summed E-state index contributed by atoms with van der Waals surface area (Å²) in [6, 6.07) is 4.86. The van der Waals surface area contributed by atoms with E-state index in [-0.39, 0.29) is 12.1 Å². The van der Waals surface area contributed by atoms with Crippen LogP contribution in [0.2, 0.25) is 0 Å². The van der Waals surface area contributed by atoms with Gasteiger partial charge in [0.25, 0.3) is 0 Å². The Morgan fingerprint density at radius 1 is 1.48 bits per heavy atom. The van der Waals surface area contributed by atoms with Crippen LogP contribution in [0.3, 0.4) is 0 Å². The van der Waals surface area contributed by atoms with Gasteiger partial charge in [0.1, 0.15) is 0 Å². The molecule has 0 spiro atoms. The fourth-order valence-corrected chi connectivity index (χ4v) is 2.82. The number of nitrogens with two attached hydrogens (primary N) is 1. The molecular weight excluding hydrogens is 285 g/mol. The summed E-state index contributed by atoms with van der Waals surface area (Å²) in [7, 11) is 1.22. The van der Waals surface area contributed by atoms with Crippen molar-refractivity contribution in [3.8, 4) is 0 Å². The van der Waals surface area contributed by atoms with Gasteiger partial charge in [0.15, 0.2) is 0 Å². The summed E-state index contributed by atoms with van der Waals surface area (Å²) in [5.74, 6) is -1.39. The zero-order chi connectivity index (χ0) is 15.6. The van der Waals surface area contributed by atoms with Crippen molar-refractivity contribution in [3.63, 3.8) is 0 Å². The molecule has 2 N–H and O–H groups in total. The summed E-state index contributed by atoms with van der Waals surface area (Å²) in [5.41, 5.74) is 6.75. The van der Waals surface area contributed by atoms with Crippen molar-refractivity contribution in [1.82, 2.24) is 0 Å². The van der Waals surface area contributed by atoms with E-state index < -0.39 is 24.5 Å². The molecule has 0 fully saturated rings. The molecule has 2 rings (SSSR count). The molecule has 116 valence electrons. The molecule has 0 aliphatic carbocycles. The predicted octanol–water partition coefficient (Wildman–Crippen LogP) is 2.29. The summed E-state index contributed by atoms with van der Waals surface area (Å²) < 4.78 is 43.0. The Bertz CT molecular complexity index is 531. The molecule has 0 aromatic heterocycles. The smallest absolute Gasteiger partial charge is 0.389 e. The second-order valence-corrected chi connectivity index (χ2v) is 4.98. The molecule has 0 saturated heterocycles. The average molecular weight is 302 g/mol. The molecule has 0 amide bonds. The predicted molar refractivity (Wildman–Crippen MR) is 72.5 cm³/mol. The summed E-state index contributed by atoms with van der Waals surface area (Å²) in [6.07, 6.45) is -5.25. The highest BCUT2D eigenvalue weighted by molar-refractivity contribution is 5.94. The first-order chi connectivity index (χ1) is 9.87. The van der Waals surface area contributed by atoms with Gasteiger partial charge in [0.05, 0.1) is 19.1 Å². The van der Waals surface area contributed by atoms with E-state index in [1.54, 1.807) is 17.0 Å². The number of methoxy groups -OCH3 is 1. The van der Waals surface area contributed by atoms with Crippen molar-refractivity contribution in [3.05, 3.63) is 29.3 Å². The van der Waals surface area contributed by atoms with Crippen molar-refractivity contribution < 1.29 is 22.7 Å². The molecule has 0 saturated carbocycles. The lowest BCUT2D eigenvalue weighted by molar-refractivity contribution is -0.138. The average Bonchev–Trinajstić information content (AvgIpc) is 2.75. The van der Waals surface area contributed by atoms with E-state index in [0.717, 1.165) is 0 Å². The number of ether oxygens (including phenoxy) is 1. The molecule has 0 radical (unpaired) electrons. The van der Waals surface area contributed by atoms with E-state index in [0.29, 0.717) is 24.3 Å². The highest BCUT2D eigenvalue weighted by Crippen LogP contribution is 2.43. The van der Waals surface area contributed by atoms with Crippen molar-refractivity contribution >= 4 is 11.7 Å². The quantitative estimate of drug-likeness (QED) is 0.867. The van der Waals surface area contributed by atoms with Gasteiger partial charge in [-0.3, -0.25) is 0 Å². The number of nitrogens with zero attached hydrogens (tertiary/aromatic N) is 1. The highest BCUT2D eigenvalue weighted by Gasteiger charge is 2.40. The van der Waals surface area contributed by atoms with Crippen LogP contribution in [0.1, 0.15) is 28.3 Å². The second kappa shape index (κ2) is 5.93. The Balaban J connectivity index is 2.45. The Morgan fingerprint density at radius 3 is 2.76 bits per heavy atom. The fourth-order valence-electron chi connectivity index (χ4n) is 2.82. The summed E-state index contributed by atoms with van der Waals surface area (Å²) in [5, 5.41) is 0. The minimum absolute atomic E-state index is 0.198. The highest BCUT2D eigenvalue weighted by atomic mass is 19.4. The maximum Gasteiger partial charge on any atom is 0.389 e. The topological polar surface area (TPSA) is 55.6 Å². The lowest BCUT2D eigenvalue weighted by Crippen LogP contribution is -2.29. The lowest BCUT2D eigenvalue weighted by atomic mass is 9.93. The normalized spacial score (nSPS) is 17.8. The molecule has 1 aromatic rings. The number of esters is 1. The number of fused-ring (bicyclic) bond motifs is 1. The van der Waals surface area contributed by atoms with Crippen molar-refractivity contribution in [2.45, 2.75) is 18.5 Å². The molecule has 4 nitrogen and oxygen atoms in total. The van der Waals surface area contributed by atoms with Gasteiger partial charge in [-0.15, -0.1) is 0 Å². The SMILES string of the molecule is COC(=O)c1cccc2c1C(CC(F)(F)F)CN2CCN. The largest absolute Gasteiger partial charge is 0.465 e. The molecule has 1 heterocycles. The van der Waals surface area contributed by atoms with Crippen LogP contribution in [0.15, 0.2) is 18.2 Å². The van der Waals surface area contributed by atoms with Gasteiger partial charge < -0.3 is 15.4 Å². The van der Waals surface area contributed by atoms with Crippen LogP contribution in [0.5, 0.6) is 0 Å². The molecular formula is C14H17F3N2O2. The number of rotatable bonds is 4. The Hall–Kier alpha value is -1.76. The van der Waals surface area contributed by atoms with E-state index >= 15 is 0 Å². The van der Waals surface area contributed by atoms with Gasteiger partial charge >= 0.3 is 12.1 Å². The first kappa shape index (κ1) is 15.6. The van der Waals surface area contributed by atoms with Crippen molar-refractivity contribution in [2.75, 3.05) is 31.6 Å². The van der Waals surface area contributed by atoms with Crippen LogP contribution in [0, 0.1) is 0 Å². The van der Waals surface area contributed by atoms with Gasteiger partial charge in [-0.05, 0) is 17.7 Å². The van der Waals surface area contributed by atoms with Gasteiger partial charge in [-0.25, -0.2) is 4.79 Å². The number of carbonyl (C=O) groups excluding carboxylic acids is 1. The minimum Gasteiger partial charge on any atom is -0.465 e. The third-order valence-electron chi connectivity index (χ3n) is 3.55. The number of alkyl halides is 3. The molecule has 1 aliphatic rings. The maximum absolute atomic E-state index is 12.8. The molecule has 21 heavy (non-hydrogen) atoms. The van der Waals surface area contributed by atoms with Crippen LogP contribution in [0.4, 0.5) is 18.9 Å². The molecule has 1 unspecified atom stereocenters. The molecule has 7 heteroatoms. The zero-order valence-electron chi connectivity index (χ0n) is 11.6. The summed E-state index contributed by atoms with van der Waals surface area (Å²) >= 11 is 0. The van der Waals surface area contributed by atoms with E-state index in [1.165, 1.54) is 13.2 Å². The van der Waals surface area contributed by atoms with Gasteiger partial charge in [0.2, 0.25) is 0 Å². The summed E-state index contributed by atoms with van der Waals surface area (Å²) in [6.45, 7) is 0.993. The molecule has 1 aliphatic heterocycles. The number of anilines is 1. The van der Waals surface area contributed by atoms with Gasteiger partial charge in [-0.2, -0.15) is 13.2 Å². The first-order valence-corrected chi connectivity index (χ1v) is 6.60. The van der Waals surface area contributed by atoms with E-state index in [4.69, 9.17) is 5.73 Å². The number of hydrogen-bond acceptors (Lipinski definition) is 4. The number of halogens is 3. The first-order valence-electron chi connectivity index (χ1n) is 6.60. The Kier molecular flexibility index (Phi) is 4.41. The number of carbonyl (C=O) groups is 1. The van der Waals surface area contributed by atoms with Crippen molar-refractivity contribution in [2.24, 2.45) is 5.73 Å². The van der Waals surface area contributed by atoms with Crippen molar-refractivity contribution in [1.29, 1.82) is 0 Å². The molecule has 1 aromatic carbocycles. The summed E-state index contributed by atoms with van der Waals surface area (Å²) in [4.78, 5) is 13.6. The molecule has 1 atom stereocenters. The van der Waals surface area contributed by atoms with E-state index in [9.17, 15) is 18.0 Å². The maximum atomic E-state index is 12.8. The zero-order valence-corrected chi connectivity index (χ0v) is 11.6. The number of benzene rings is 1. The fraction of sp³-hybridized carbons (Fsp3) is 0.500. The minimum atomic E-state index is -4.29. The van der Waals surface area contributed by atoms with Crippen LogP contribution in [-0.2, 0) is 4.74 Å². The Morgan fingerprint density at radius 2 is 2.19 bits per heavy atom.